The third-order valence-corrected chi connectivity index (χ3v) is 5.00. The maximum absolute atomic E-state index is 12.9. The third-order valence-electron chi connectivity index (χ3n) is 5.00. The number of rotatable bonds is 3. The van der Waals surface area contributed by atoms with Gasteiger partial charge in [0.1, 0.15) is 6.04 Å². The number of likely N-dealkylation sites (tertiary alicyclic amines) is 1. The standard InChI is InChI=1S/C18H27N3O3/c1-11-7-8-20(15(9-11)17(23)24)16(22)13-10-14(12-5-6-12)21(19-13)18(2,3)4/h10-12,15H,5-9H2,1-4H3,(H,23,24). The van der Waals surface area contributed by atoms with E-state index in [1.165, 1.54) is 4.90 Å². The van der Waals surface area contributed by atoms with Crippen LogP contribution in [-0.2, 0) is 10.3 Å². The molecule has 3 rings (SSSR count). The normalized spacial score (nSPS) is 24.9. The van der Waals surface area contributed by atoms with E-state index in [2.05, 4.69) is 25.9 Å². The van der Waals surface area contributed by atoms with Crippen molar-refractivity contribution in [2.75, 3.05) is 6.54 Å². The molecule has 2 atom stereocenters. The van der Waals surface area contributed by atoms with Crippen molar-refractivity contribution in [1.82, 2.24) is 14.7 Å². The maximum atomic E-state index is 12.9. The topological polar surface area (TPSA) is 75.4 Å². The van der Waals surface area contributed by atoms with Gasteiger partial charge in [-0.2, -0.15) is 5.10 Å². The first-order chi connectivity index (χ1) is 11.2. The second-order valence-electron chi connectivity index (χ2n) is 8.29. The Morgan fingerprint density at radius 1 is 1.25 bits per heavy atom. The molecule has 0 aromatic carbocycles. The molecule has 6 heteroatoms. The van der Waals surface area contributed by atoms with Crippen LogP contribution in [-0.4, -0.2) is 44.3 Å². The molecule has 1 saturated carbocycles. The highest BCUT2D eigenvalue weighted by Crippen LogP contribution is 2.42. The fraction of sp³-hybridized carbons (Fsp3) is 0.722. The second-order valence-corrected chi connectivity index (χ2v) is 8.29. The highest BCUT2D eigenvalue weighted by molar-refractivity contribution is 5.95. The Bertz CT molecular complexity index is 655. The highest BCUT2D eigenvalue weighted by Gasteiger charge is 2.38. The Balaban J connectivity index is 1.90. The van der Waals surface area contributed by atoms with Crippen LogP contribution in [0.25, 0.3) is 0 Å². The molecule has 1 saturated heterocycles. The van der Waals surface area contributed by atoms with Gasteiger partial charge in [-0.25, -0.2) is 4.79 Å². The molecular weight excluding hydrogens is 306 g/mol. The Labute approximate surface area is 142 Å². The van der Waals surface area contributed by atoms with Gasteiger partial charge in [0.15, 0.2) is 5.69 Å². The minimum absolute atomic E-state index is 0.195. The van der Waals surface area contributed by atoms with Crippen molar-refractivity contribution in [2.45, 2.75) is 70.9 Å². The van der Waals surface area contributed by atoms with E-state index < -0.39 is 12.0 Å². The number of hydrogen-bond acceptors (Lipinski definition) is 3. The average molecular weight is 333 g/mol. The van der Waals surface area contributed by atoms with Gasteiger partial charge in [-0.1, -0.05) is 6.92 Å². The van der Waals surface area contributed by atoms with Gasteiger partial charge in [0.05, 0.1) is 5.54 Å². The van der Waals surface area contributed by atoms with E-state index in [0.29, 0.717) is 30.5 Å². The molecule has 2 heterocycles. The monoisotopic (exact) mass is 333 g/mol. The number of hydrogen-bond donors (Lipinski definition) is 1. The fourth-order valence-electron chi connectivity index (χ4n) is 3.47. The van der Waals surface area contributed by atoms with Crippen LogP contribution < -0.4 is 0 Å². The Morgan fingerprint density at radius 3 is 2.46 bits per heavy atom. The minimum Gasteiger partial charge on any atom is -0.480 e. The maximum Gasteiger partial charge on any atom is 0.326 e. The molecule has 2 aliphatic rings. The smallest absolute Gasteiger partial charge is 0.326 e. The molecule has 6 nitrogen and oxygen atoms in total. The van der Waals surface area contributed by atoms with Crippen molar-refractivity contribution in [1.29, 1.82) is 0 Å². The number of carbonyl (C=O) groups excluding carboxylic acids is 1. The fourth-order valence-corrected chi connectivity index (χ4v) is 3.47. The summed E-state index contributed by atoms with van der Waals surface area (Å²) < 4.78 is 1.94. The largest absolute Gasteiger partial charge is 0.480 e. The van der Waals surface area contributed by atoms with E-state index in [1.807, 2.05) is 17.7 Å². The van der Waals surface area contributed by atoms with E-state index in [9.17, 15) is 14.7 Å². The zero-order valence-electron chi connectivity index (χ0n) is 15.0. The Hall–Kier alpha value is -1.85. The minimum atomic E-state index is -0.924. The number of amides is 1. The van der Waals surface area contributed by atoms with Crippen molar-refractivity contribution in [3.05, 3.63) is 17.5 Å². The van der Waals surface area contributed by atoms with Gasteiger partial charge < -0.3 is 10.0 Å². The zero-order chi connectivity index (χ0) is 17.6. The van der Waals surface area contributed by atoms with Gasteiger partial charge >= 0.3 is 5.97 Å². The van der Waals surface area contributed by atoms with E-state index in [-0.39, 0.29) is 11.4 Å². The quantitative estimate of drug-likeness (QED) is 0.923. The molecule has 24 heavy (non-hydrogen) atoms. The first-order valence-corrected chi connectivity index (χ1v) is 8.82. The lowest BCUT2D eigenvalue weighted by Crippen LogP contribution is -2.50. The summed E-state index contributed by atoms with van der Waals surface area (Å²) in [5.41, 5.74) is 1.29. The van der Waals surface area contributed by atoms with Gasteiger partial charge in [-0.05, 0) is 58.4 Å². The zero-order valence-corrected chi connectivity index (χ0v) is 15.0. The predicted molar refractivity (Wildman–Crippen MR) is 90.1 cm³/mol. The number of piperidine rings is 1. The summed E-state index contributed by atoms with van der Waals surface area (Å²) in [6.45, 7) is 8.74. The molecule has 1 aliphatic heterocycles. The predicted octanol–water partition coefficient (Wildman–Crippen LogP) is 2.84. The van der Waals surface area contributed by atoms with Crippen LogP contribution in [0.2, 0.25) is 0 Å². The number of carboxylic acids is 1. The van der Waals surface area contributed by atoms with Crippen LogP contribution in [0.5, 0.6) is 0 Å². The molecule has 1 aromatic rings. The van der Waals surface area contributed by atoms with Gasteiger partial charge in [0.25, 0.3) is 5.91 Å². The third kappa shape index (κ3) is 3.19. The number of carbonyl (C=O) groups is 2. The van der Waals surface area contributed by atoms with Crippen molar-refractivity contribution in [2.24, 2.45) is 5.92 Å². The summed E-state index contributed by atoms with van der Waals surface area (Å²) in [5, 5.41) is 14.1. The first-order valence-electron chi connectivity index (χ1n) is 8.82. The van der Waals surface area contributed by atoms with Crippen LogP contribution in [0.15, 0.2) is 6.07 Å². The van der Waals surface area contributed by atoms with Crippen LogP contribution in [0, 0.1) is 5.92 Å². The van der Waals surface area contributed by atoms with Crippen LogP contribution >= 0.6 is 0 Å². The molecule has 0 spiro atoms. The molecule has 1 N–H and O–H groups in total. The summed E-state index contributed by atoms with van der Waals surface area (Å²) in [6, 6.07) is 1.13. The lowest BCUT2D eigenvalue weighted by Gasteiger charge is -2.35. The molecule has 2 fully saturated rings. The Morgan fingerprint density at radius 2 is 1.92 bits per heavy atom. The molecule has 0 radical (unpaired) electrons. The van der Waals surface area contributed by atoms with Gasteiger partial charge in [0, 0.05) is 18.2 Å². The number of nitrogens with zero attached hydrogens (tertiary/aromatic N) is 3. The molecule has 1 amide bonds. The van der Waals surface area contributed by atoms with Crippen molar-refractivity contribution >= 4 is 11.9 Å². The van der Waals surface area contributed by atoms with Gasteiger partial charge in [0.2, 0.25) is 0 Å². The molecule has 1 aliphatic carbocycles. The lowest BCUT2D eigenvalue weighted by atomic mass is 9.92. The van der Waals surface area contributed by atoms with Gasteiger partial charge in [-0.15, -0.1) is 0 Å². The van der Waals surface area contributed by atoms with E-state index in [4.69, 9.17) is 0 Å². The number of aliphatic carboxylic acids is 1. The van der Waals surface area contributed by atoms with Crippen LogP contribution in [0.4, 0.5) is 0 Å². The van der Waals surface area contributed by atoms with Crippen molar-refractivity contribution in [3.63, 3.8) is 0 Å². The summed E-state index contributed by atoms with van der Waals surface area (Å²) in [6.07, 6.45) is 3.62. The molecule has 0 bridgehead atoms. The molecular formula is C18H27N3O3. The van der Waals surface area contributed by atoms with Crippen LogP contribution in [0.1, 0.15) is 75.5 Å². The first kappa shape index (κ1) is 17.0. The molecule has 1 aromatic heterocycles. The molecule has 132 valence electrons. The highest BCUT2D eigenvalue weighted by atomic mass is 16.4. The second kappa shape index (κ2) is 5.90. The number of carboxylic acid groups (broad SMARTS) is 1. The Kier molecular flexibility index (Phi) is 4.18. The van der Waals surface area contributed by atoms with E-state index in [0.717, 1.165) is 25.0 Å². The number of aromatic nitrogens is 2. The van der Waals surface area contributed by atoms with E-state index in [1.54, 1.807) is 0 Å². The molecule has 2 unspecified atom stereocenters. The van der Waals surface area contributed by atoms with Crippen molar-refractivity contribution < 1.29 is 14.7 Å². The van der Waals surface area contributed by atoms with E-state index >= 15 is 0 Å². The summed E-state index contributed by atoms with van der Waals surface area (Å²) in [5.74, 6) is -0.369. The lowest BCUT2D eigenvalue weighted by molar-refractivity contribution is -0.144. The summed E-state index contributed by atoms with van der Waals surface area (Å²) in [4.78, 5) is 26.0. The van der Waals surface area contributed by atoms with Crippen molar-refractivity contribution in [3.8, 4) is 0 Å². The summed E-state index contributed by atoms with van der Waals surface area (Å²) >= 11 is 0. The SMILES string of the molecule is CC1CCN(C(=O)c2cc(C3CC3)n(C(C)(C)C)n2)C(C(=O)O)C1. The average Bonchev–Trinajstić information content (AvgIpc) is 3.23. The van der Waals surface area contributed by atoms with Crippen LogP contribution in [0.3, 0.4) is 0 Å². The summed E-state index contributed by atoms with van der Waals surface area (Å²) in [7, 11) is 0. The van der Waals surface area contributed by atoms with Gasteiger partial charge in [-0.3, -0.25) is 9.48 Å².